The molecule has 0 saturated heterocycles. The summed E-state index contributed by atoms with van der Waals surface area (Å²) in [7, 11) is 0. The molecule has 0 aromatic carbocycles. The SMILES string of the molecule is CCCOCCCn1cnnc1CO. The summed E-state index contributed by atoms with van der Waals surface area (Å²) in [6.07, 6.45) is 3.60. The fourth-order valence-electron chi connectivity index (χ4n) is 1.17. The van der Waals surface area contributed by atoms with E-state index in [1.165, 1.54) is 0 Å². The summed E-state index contributed by atoms with van der Waals surface area (Å²) in [5, 5.41) is 16.4. The summed E-state index contributed by atoms with van der Waals surface area (Å²) in [5.41, 5.74) is 0. The fraction of sp³-hybridized carbons (Fsp3) is 0.778. The van der Waals surface area contributed by atoms with Crippen LogP contribution in [-0.4, -0.2) is 33.1 Å². The van der Waals surface area contributed by atoms with E-state index in [0.717, 1.165) is 32.6 Å². The summed E-state index contributed by atoms with van der Waals surface area (Å²) in [4.78, 5) is 0. The van der Waals surface area contributed by atoms with Crippen LogP contribution in [0.3, 0.4) is 0 Å². The first-order valence-electron chi connectivity index (χ1n) is 4.93. The van der Waals surface area contributed by atoms with Gasteiger partial charge in [0.2, 0.25) is 0 Å². The van der Waals surface area contributed by atoms with E-state index in [1.54, 1.807) is 6.33 Å². The van der Waals surface area contributed by atoms with Gasteiger partial charge in [-0.2, -0.15) is 0 Å². The highest BCUT2D eigenvalue weighted by molar-refractivity contribution is 4.81. The minimum atomic E-state index is -0.0597. The predicted octanol–water partition coefficient (Wildman–Crippen LogP) is 0.587. The summed E-state index contributed by atoms with van der Waals surface area (Å²) in [6, 6.07) is 0. The molecule has 0 atom stereocenters. The van der Waals surface area contributed by atoms with Gasteiger partial charge in [0.25, 0.3) is 0 Å². The van der Waals surface area contributed by atoms with E-state index in [-0.39, 0.29) is 6.61 Å². The quantitative estimate of drug-likeness (QED) is 0.653. The number of aromatic nitrogens is 3. The second-order valence-corrected chi connectivity index (χ2v) is 3.06. The van der Waals surface area contributed by atoms with E-state index in [4.69, 9.17) is 9.84 Å². The van der Waals surface area contributed by atoms with Crippen molar-refractivity contribution >= 4 is 0 Å². The standard InChI is InChI=1S/C9H17N3O2/c1-2-5-14-6-3-4-12-8-10-11-9(12)7-13/h8,13H,2-7H2,1H3. The Hall–Kier alpha value is -0.940. The van der Waals surface area contributed by atoms with Crippen molar-refractivity contribution in [2.24, 2.45) is 0 Å². The molecule has 0 aliphatic rings. The summed E-state index contributed by atoms with van der Waals surface area (Å²) >= 11 is 0. The number of rotatable bonds is 7. The molecule has 0 aliphatic carbocycles. The molecule has 80 valence electrons. The monoisotopic (exact) mass is 199 g/mol. The maximum absolute atomic E-state index is 8.89. The van der Waals surface area contributed by atoms with Crippen molar-refractivity contribution in [3.8, 4) is 0 Å². The van der Waals surface area contributed by atoms with Crippen LogP contribution in [0, 0.1) is 0 Å². The highest BCUT2D eigenvalue weighted by Crippen LogP contribution is 1.97. The van der Waals surface area contributed by atoms with Crippen LogP contribution in [0.15, 0.2) is 6.33 Å². The van der Waals surface area contributed by atoms with Gasteiger partial charge < -0.3 is 14.4 Å². The third kappa shape index (κ3) is 3.43. The highest BCUT2D eigenvalue weighted by Gasteiger charge is 2.00. The van der Waals surface area contributed by atoms with Crippen LogP contribution in [0.4, 0.5) is 0 Å². The van der Waals surface area contributed by atoms with E-state index in [9.17, 15) is 0 Å². The van der Waals surface area contributed by atoms with Crippen LogP contribution in [-0.2, 0) is 17.9 Å². The van der Waals surface area contributed by atoms with Crippen molar-refractivity contribution in [3.63, 3.8) is 0 Å². The first kappa shape index (κ1) is 11.1. The van der Waals surface area contributed by atoms with Crippen LogP contribution < -0.4 is 0 Å². The van der Waals surface area contributed by atoms with Crippen molar-refractivity contribution < 1.29 is 9.84 Å². The molecule has 14 heavy (non-hydrogen) atoms. The molecule has 5 nitrogen and oxygen atoms in total. The zero-order chi connectivity index (χ0) is 10.2. The second-order valence-electron chi connectivity index (χ2n) is 3.06. The Bertz CT molecular complexity index is 250. The molecule has 5 heteroatoms. The maximum Gasteiger partial charge on any atom is 0.158 e. The summed E-state index contributed by atoms with van der Waals surface area (Å²) in [6.45, 7) is 4.39. The number of aryl methyl sites for hydroxylation is 1. The van der Waals surface area contributed by atoms with Crippen molar-refractivity contribution in [1.82, 2.24) is 14.8 Å². The lowest BCUT2D eigenvalue weighted by Crippen LogP contribution is -2.06. The lowest BCUT2D eigenvalue weighted by molar-refractivity contribution is 0.128. The molecule has 1 rings (SSSR count). The van der Waals surface area contributed by atoms with E-state index >= 15 is 0 Å². The molecule has 0 unspecified atom stereocenters. The predicted molar refractivity (Wildman–Crippen MR) is 51.7 cm³/mol. The second kappa shape index (κ2) is 6.50. The van der Waals surface area contributed by atoms with Crippen LogP contribution >= 0.6 is 0 Å². The van der Waals surface area contributed by atoms with E-state index in [1.807, 2.05) is 4.57 Å². The van der Waals surface area contributed by atoms with Crippen molar-refractivity contribution in [2.45, 2.75) is 32.9 Å². The van der Waals surface area contributed by atoms with Crippen LogP contribution in [0.25, 0.3) is 0 Å². The van der Waals surface area contributed by atoms with Crippen molar-refractivity contribution in [2.75, 3.05) is 13.2 Å². The van der Waals surface area contributed by atoms with Gasteiger partial charge in [-0.3, -0.25) is 0 Å². The smallest absolute Gasteiger partial charge is 0.158 e. The lowest BCUT2D eigenvalue weighted by atomic mass is 10.4. The first-order chi connectivity index (χ1) is 6.88. The first-order valence-corrected chi connectivity index (χ1v) is 4.93. The molecule has 0 spiro atoms. The molecule has 0 fully saturated rings. The zero-order valence-electron chi connectivity index (χ0n) is 8.52. The molecule has 0 radical (unpaired) electrons. The van der Waals surface area contributed by atoms with Gasteiger partial charge in [-0.05, 0) is 12.8 Å². The Balaban J connectivity index is 2.17. The average Bonchev–Trinajstić information content (AvgIpc) is 2.65. The Morgan fingerprint density at radius 1 is 1.50 bits per heavy atom. The van der Waals surface area contributed by atoms with Crippen molar-refractivity contribution in [3.05, 3.63) is 12.2 Å². The van der Waals surface area contributed by atoms with Gasteiger partial charge >= 0.3 is 0 Å². The lowest BCUT2D eigenvalue weighted by Gasteiger charge is -2.04. The van der Waals surface area contributed by atoms with Gasteiger partial charge in [-0.1, -0.05) is 6.92 Å². The molecule has 0 bridgehead atoms. The number of aliphatic hydroxyl groups is 1. The third-order valence-electron chi connectivity index (χ3n) is 1.87. The average molecular weight is 199 g/mol. The Morgan fingerprint density at radius 2 is 2.36 bits per heavy atom. The molecule has 0 amide bonds. The minimum absolute atomic E-state index is 0.0597. The van der Waals surface area contributed by atoms with E-state index < -0.39 is 0 Å². The van der Waals surface area contributed by atoms with Crippen LogP contribution in [0.5, 0.6) is 0 Å². The van der Waals surface area contributed by atoms with Gasteiger partial charge in [0, 0.05) is 19.8 Å². The van der Waals surface area contributed by atoms with Gasteiger partial charge in [0.05, 0.1) is 0 Å². The number of nitrogens with zero attached hydrogens (tertiary/aromatic N) is 3. The Kier molecular flexibility index (Phi) is 5.17. The van der Waals surface area contributed by atoms with Crippen LogP contribution in [0.1, 0.15) is 25.6 Å². The van der Waals surface area contributed by atoms with Gasteiger partial charge in [0.15, 0.2) is 5.82 Å². The third-order valence-corrected chi connectivity index (χ3v) is 1.87. The van der Waals surface area contributed by atoms with E-state index in [2.05, 4.69) is 17.1 Å². The number of hydrogen-bond donors (Lipinski definition) is 1. The molecule has 0 aliphatic heterocycles. The highest BCUT2D eigenvalue weighted by atomic mass is 16.5. The van der Waals surface area contributed by atoms with Gasteiger partial charge in [0.1, 0.15) is 12.9 Å². The molecular weight excluding hydrogens is 182 g/mol. The largest absolute Gasteiger partial charge is 0.388 e. The number of aliphatic hydroxyl groups excluding tert-OH is 1. The van der Waals surface area contributed by atoms with Gasteiger partial charge in [-0.15, -0.1) is 10.2 Å². The van der Waals surface area contributed by atoms with E-state index in [0.29, 0.717) is 5.82 Å². The zero-order valence-corrected chi connectivity index (χ0v) is 8.52. The fourth-order valence-corrected chi connectivity index (χ4v) is 1.17. The number of ether oxygens (including phenoxy) is 1. The normalized spacial score (nSPS) is 10.7. The van der Waals surface area contributed by atoms with Crippen molar-refractivity contribution in [1.29, 1.82) is 0 Å². The molecule has 1 aromatic heterocycles. The summed E-state index contributed by atoms with van der Waals surface area (Å²) in [5.74, 6) is 0.612. The molecule has 1 N–H and O–H groups in total. The molecule has 0 saturated carbocycles. The molecule has 1 aromatic rings. The summed E-state index contributed by atoms with van der Waals surface area (Å²) < 4.78 is 7.18. The Morgan fingerprint density at radius 3 is 3.07 bits per heavy atom. The number of hydrogen-bond acceptors (Lipinski definition) is 4. The maximum atomic E-state index is 8.89. The molecular formula is C9H17N3O2. The van der Waals surface area contributed by atoms with Gasteiger partial charge in [-0.25, -0.2) is 0 Å². The van der Waals surface area contributed by atoms with Crippen LogP contribution in [0.2, 0.25) is 0 Å². The minimum Gasteiger partial charge on any atom is -0.388 e. The Labute approximate surface area is 83.7 Å². The topological polar surface area (TPSA) is 60.2 Å². The molecule has 1 heterocycles.